The van der Waals surface area contributed by atoms with Gasteiger partial charge in [-0.2, -0.15) is 0 Å². The molecule has 0 saturated carbocycles. The normalized spacial score (nSPS) is 11.3. The maximum Gasteiger partial charge on any atom is 0.179 e. The van der Waals surface area contributed by atoms with E-state index in [2.05, 4.69) is 18.9 Å². The number of halogens is 2. The van der Waals surface area contributed by atoms with Crippen LogP contribution in [0.3, 0.4) is 0 Å². The maximum absolute atomic E-state index is 6.26. The number of hydrogen-bond acceptors (Lipinski definition) is 4. The minimum atomic E-state index is 0. The fraction of sp³-hybridized carbons (Fsp3) is 0.240. The van der Waals surface area contributed by atoms with Crippen molar-refractivity contribution in [2.45, 2.75) is 20.3 Å². The van der Waals surface area contributed by atoms with Crippen LogP contribution in [0.25, 0.3) is 33.5 Å². The maximum atomic E-state index is 6.26. The van der Waals surface area contributed by atoms with Gasteiger partial charge in [-0.15, -0.1) is 12.4 Å². The summed E-state index contributed by atoms with van der Waals surface area (Å²) in [6, 6.07) is 15.8. The fourth-order valence-electron chi connectivity index (χ4n) is 3.75. The van der Waals surface area contributed by atoms with Gasteiger partial charge in [-0.1, -0.05) is 31.5 Å². The number of H-pyrrole nitrogens is 1. The predicted molar refractivity (Wildman–Crippen MR) is 135 cm³/mol. The Morgan fingerprint density at radius 1 is 1.03 bits per heavy atom. The smallest absolute Gasteiger partial charge is 0.179 e. The first kappa shape index (κ1) is 23.1. The Bertz CT molecular complexity index is 1420. The average Bonchev–Trinajstić information content (AvgIpc) is 3.35. The van der Waals surface area contributed by atoms with Crippen molar-refractivity contribution in [1.82, 2.24) is 24.7 Å². The van der Waals surface area contributed by atoms with Crippen LogP contribution in [0, 0.1) is 5.92 Å². The number of benzene rings is 2. The summed E-state index contributed by atoms with van der Waals surface area (Å²) in [6.45, 7) is 4.92. The quantitative estimate of drug-likeness (QED) is 0.312. The summed E-state index contributed by atoms with van der Waals surface area (Å²) >= 11 is 6.26. The molecule has 0 aliphatic heterocycles. The SMILES string of the molecule is CC(C)COc1ccc(Cl)cc1Cc1cccc(-c2nc3cc4c[nH]n(C)c4cc3n2)n1.Cl. The van der Waals surface area contributed by atoms with E-state index in [1.165, 1.54) is 0 Å². The average molecular weight is 482 g/mol. The van der Waals surface area contributed by atoms with Crippen molar-refractivity contribution >= 4 is 45.9 Å². The van der Waals surface area contributed by atoms with Gasteiger partial charge in [-0.05, 0) is 48.4 Å². The molecular formula is C25H25Cl2N5O. The molecule has 6 nitrogen and oxygen atoms in total. The van der Waals surface area contributed by atoms with Gasteiger partial charge in [-0.25, -0.2) is 15.0 Å². The van der Waals surface area contributed by atoms with E-state index in [-0.39, 0.29) is 12.4 Å². The molecule has 0 atom stereocenters. The number of aromatic nitrogens is 5. The Kier molecular flexibility index (Phi) is 6.58. The number of hydrogen-bond donors (Lipinski definition) is 1. The van der Waals surface area contributed by atoms with Crippen molar-refractivity contribution in [3.63, 3.8) is 0 Å². The first-order valence-corrected chi connectivity index (χ1v) is 11.0. The van der Waals surface area contributed by atoms with Gasteiger partial charge in [0.2, 0.25) is 0 Å². The highest BCUT2D eigenvalue weighted by atomic mass is 35.5. The molecule has 3 aromatic heterocycles. The lowest BCUT2D eigenvalue weighted by Crippen LogP contribution is -2.06. The Labute approximate surface area is 203 Å². The second-order valence-corrected chi connectivity index (χ2v) is 8.86. The molecule has 3 heterocycles. The molecule has 0 bridgehead atoms. The molecule has 2 aromatic carbocycles. The van der Waals surface area contributed by atoms with Gasteiger partial charge in [0, 0.05) is 41.3 Å². The predicted octanol–water partition coefficient (Wildman–Crippen LogP) is 6.21. The van der Waals surface area contributed by atoms with Crippen LogP contribution in [0.15, 0.2) is 54.7 Å². The lowest BCUT2D eigenvalue weighted by atomic mass is 10.1. The zero-order chi connectivity index (χ0) is 22.2. The summed E-state index contributed by atoms with van der Waals surface area (Å²) in [6.07, 6.45) is 2.58. The fourth-order valence-corrected chi connectivity index (χ4v) is 3.95. The van der Waals surface area contributed by atoms with Crippen LogP contribution in [0.2, 0.25) is 5.02 Å². The van der Waals surface area contributed by atoms with E-state index >= 15 is 0 Å². The minimum absolute atomic E-state index is 0. The van der Waals surface area contributed by atoms with Crippen molar-refractivity contribution in [2.24, 2.45) is 13.0 Å². The van der Waals surface area contributed by atoms with Gasteiger partial charge >= 0.3 is 0 Å². The van der Waals surface area contributed by atoms with Crippen LogP contribution < -0.4 is 4.74 Å². The number of aromatic amines is 1. The number of nitrogens with zero attached hydrogens (tertiary/aromatic N) is 4. The lowest BCUT2D eigenvalue weighted by molar-refractivity contribution is 0.269. The van der Waals surface area contributed by atoms with E-state index in [4.69, 9.17) is 31.3 Å². The van der Waals surface area contributed by atoms with Crippen molar-refractivity contribution in [3.8, 4) is 17.3 Å². The van der Waals surface area contributed by atoms with Gasteiger partial charge in [0.05, 0.1) is 23.2 Å². The van der Waals surface area contributed by atoms with E-state index in [0.717, 1.165) is 44.6 Å². The standard InChI is InChI=1S/C25H24ClN5O.ClH/c1-15(2)14-32-24-8-7-18(26)9-16(24)10-19-5-4-6-20(28-19)25-29-21-11-17-13-27-31(3)23(17)12-22(21)30-25;/h4-9,11-13,15,27H,10,14H2,1-3H3;1H. The highest BCUT2D eigenvalue weighted by molar-refractivity contribution is 6.30. The summed E-state index contributed by atoms with van der Waals surface area (Å²) in [5, 5.41) is 4.95. The van der Waals surface area contributed by atoms with Crippen LogP contribution in [0.5, 0.6) is 5.75 Å². The molecule has 0 saturated heterocycles. The molecule has 5 aromatic rings. The van der Waals surface area contributed by atoms with Gasteiger partial charge < -0.3 is 9.84 Å². The Morgan fingerprint density at radius 3 is 2.61 bits per heavy atom. The first-order chi connectivity index (χ1) is 15.5. The monoisotopic (exact) mass is 481 g/mol. The molecule has 0 aliphatic carbocycles. The van der Waals surface area contributed by atoms with Crippen molar-refractivity contribution in [1.29, 1.82) is 0 Å². The Balaban J connectivity index is 0.00000259. The second-order valence-electron chi connectivity index (χ2n) is 8.43. The van der Waals surface area contributed by atoms with Crippen LogP contribution in [-0.4, -0.2) is 31.3 Å². The largest absolute Gasteiger partial charge is 0.493 e. The van der Waals surface area contributed by atoms with Gasteiger partial charge in [-0.3, -0.25) is 4.68 Å². The van der Waals surface area contributed by atoms with Crippen LogP contribution >= 0.6 is 24.0 Å². The number of fused-ring (bicyclic) bond motifs is 2. The molecule has 0 amide bonds. The highest BCUT2D eigenvalue weighted by Gasteiger charge is 2.13. The van der Waals surface area contributed by atoms with E-state index in [9.17, 15) is 0 Å². The second kappa shape index (κ2) is 9.41. The van der Waals surface area contributed by atoms with Gasteiger partial charge in [0.15, 0.2) is 5.82 Å². The molecule has 0 fully saturated rings. The zero-order valence-electron chi connectivity index (χ0n) is 18.7. The van der Waals surface area contributed by atoms with Crippen LogP contribution in [0.4, 0.5) is 0 Å². The summed E-state index contributed by atoms with van der Waals surface area (Å²) in [5.41, 5.74) is 5.47. The number of ether oxygens (including phenoxy) is 1. The highest BCUT2D eigenvalue weighted by Crippen LogP contribution is 2.27. The molecule has 5 rings (SSSR count). The number of imidazole rings is 1. The van der Waals surface area contributed by atoms with Gasteiger partial charge in [0.1, 0.15) is 11.4 Å². The number of rotatable bonds is 6. The zero-order valence-corrected chi connectivity index (χ0v) is 20.2. The summed E-state index contributed by atoms with van der Waals surface area (Å²) < 4.78 is 7.97. The summed E-state index contributed by atoms with van der Waals surface area (Å²) in [5.74, 6) is 1.91. The molecule has 8 heteroatoms. The van der Waals surface area contributed by atoms with E-state index in [1.807, 2.05) is 66.5 Å². The molecule has 0 unspecified atom stereocenters. The molecule has 170 valence electrons. The van der Waals surface area contributed by atoms with Gasteiger partial charge in [0.25, 0.3) is 0 Å². The van der Waals surface area contributed by atoms with Crippen LogP contribution in [-0.2, 0) is 13.5 Å². The number of pyridine rings is 1. The van der Waals surface area contributed by atoms with Crippen LogP contribution in [0.1, 0.15) is 25.1 Å². The molecule has 0 aliphatic rings. The molecular weight excluding hydrogens is 457 g/mol. The first-order valence-electron chi connectivity index (χ1n) is 10.7. The summed E-state index contributed by atoms with van der Waals surface area (Å²) in [7, 11) is 1.98. The summed E-state index contributed by atoms with van der Waals surface area (Å²) in [4.78, 5) is 14.3. The van der Waals surface area contributed by atoms with E-state index in [1.54, 1.807) is 0 Å². The third-order valence-electron chi connectivity index (χ3n) is 5.35. The Morgan fingerprint density at radius 2 is 1.82 bits per heavy atom. The number of aryl methyl sites for hydroxylation is 1. The van der Waals surface area contributed by atoms with Crippen molar-refractivity contribution in [2.75, 3.05) is 6.61 Å². The lowest BCUT2D eigenvalue weighted by Gasteiger charge is -2.13. The Hall–Kier alpha value is -3.09. The molecule has 0 spiro atoms. The van der Waals surface area contributed by atoms with Crippen molar-refractivity contribution in [3.05, 3.63) is 71.0 Å². The topological polar surface area (TPSA) is 68.6 Å². The number of nitrogens with one attached hydrogen (secondary N) is 1. The van der Waals surface area contributed by atoms with E-state index < -0.39 is 0 Å². The molecule has 1 N–H and O–H groups in total. The van der Waals surface area contributed by atoms with E-state index in [0.29, 0.717) is 29.8 Å². The molecule has 0 radical (unpaired) electrons. The van der Waals surface area contributed by atoms with Crippen molar-refractivity contribution < 1.29 is 4.74 Å². The third-order valence-corrected chi connectivity index (χ3v) is 5.59. The third kappa shape index (κ3) is 4.82. The minimum Gasteiger partial charge on any atom is -0.493 e. The molecule has 33 heavy (non-hydrogen) atoms.